The molecule has 1 aromatic heterocycles. The second kappa shape index (κ2) is 9.53. The number of nitrogens with zero attached hydrogens (tertiary/aromatic N) is 1. The lowest BCUT2D eigenvalue weighted by atomic mass is 9.70. The van der Waals surface area contributed by atoms with E-state index in [9.17, 15) is 9.59 Å². The number of hydrogen-bond donors (Lipinski definition) is 1. The molecule has 6 heteroatoms. The van der Waals surface area contributed by atoms with Gasteiger partial charge in [-0.3, -0.25) is 4.79 Å². The second-order valence-corrected chi connectivity index (χ2v) is 9.49. The molecule has 0 aliphatic carbocycles. The molecule has 2 heterocycles. The second-order valence-electron chi connectivity index (χ2n) is 9.49. The molecule has 1 fully saturated rings. The number of amides is 2. The van der Waals surface area contributed by atoms with Crippen LogP contribution in [-0.2, 0) is 22.7 Å². The molecule has 3 atom stereocenters. The Labute approximate surface area is 194 Å². The summed E-state index contributed by atoms with van der Waals surface area (Å²) in [5.74, 6) is 0.247. The Kier molecular flexibility index (Phi) is 6.54. The molecule has 0 unspecified atom stereocenters. The van der Waals surface area contributed by atoms with Crippen molar-refractivity contribution in [1.29, 1.82) is 0 Å². The number of β-lactam (4-membered cyclic amide) rings is 1. The Morgan fingerprint density at radius 1 is 1.00 bits per heavy atom. The largest absolute Gasteiger partial charge is 0.467 e. The summed E-state index contributed by atoms with van der Waals surface area (Å²) in [6.45, 7) is 6.70. The zero-order chi connectivity index (χ0) is 23.4. The minimum Gasteiger partial charge on any atom is -0.467 e. The van der Waals surface area contributed by atoms with Crippen LogP contribution in [0.4, 0.5) is 4.79 Å². The molecule has 0 saturated carbocycles. The number of likely N-dealkylation sites (tertiary alicyclic amines) is 1. The molecule has 0 radical (unpaired) electrons. The summed E-state index contributed by atoms with van der Waals surface area (Å²) in [4.78, 5) is 27.9. The maximum Gasteiger partial charge on any atom is 0.407 e. The van der Waals surface area contributed by atoms with Crippen LogP contribution in [0, 0.1) is 11.3 Å². The van der Waals surface area contributed by atoms with Crippen LogP contribution in [0.2, 0.25) is 0 Å². The maximum absolute atomic E-state index is 13.4. The van der Waals surface area contributed by atoms with E-state index in [2.05, 4.69) is 5.32 Å². The van der Waals surface area contributed by atoms with Gasteiger partial charge in [-0.05, 0) is 28.7 Å². The topological polar surface area (TPSA) is 71.8 Å². The highest BCUT2D eigenvalue weighted by atomic mass is 16.5. The maximum atomic E-state index is 13.4. The number of ether oxygens (including phenoxy) is 1. The SMILES string of the molecule is CC(C)(C)[C@H](NC(=O)OCc1ccccc1)[C@@H]1C(=O)N(Cc2ccccc2)[C@H]1c1ccco1. The fourth-order valence-electron chi connectivity index (χ4n) is 4.38. The summed E-state index contributed by atoms with van der Waals surface area (Å²) in [6.07, 6.45) is 1.08. The first-order chi connectivity index (χ1) is 15.8. The van der Waals surface area contributed by atoms with Gasteiger partial charge in [0, 0.05) is 6.54 Å². The van der Waals surface area contributed by atoms with Crippen molar-refractivity contribution < 1.29 is 18.7 Å². The molecular formula is C27H30N2O4. The smallest absolute Gasteiger partial charge is 0.407 e. The Hall–Kier alpha value is -3.54. The summed E-state index contributed by atoms with van der Waals surface area (Å²) in [6, 6.07) is 22.4. The third-order valence-electron chi connectivity index (χ3n) is 6.05. The third kappa shape index (κ3) is 5.11. The van der Waals surface area contributed by atoms with Crippen molar-refractivity contribution in [3.63, 3.8) is 0 Å². The van der Waals surface area contributed by atoms with Gasteiger partial charge >= 0.3 is 6.09 Å². The van der Waals surface area contributed by atoms with Crippen molar-refractivity contribution in [1.82, 2.24) is 10.2 Å². The third-order valence-corrected chi connectivity index (χ3v) is 6.05. The molecule has 3 aromatic rings. The van der Waals surface area contributed by atoms with Crippen LogP contribution in [0.5, 0.6) is 0 Å². The lowest BCUT2D eigenvalue weighted by molar-refractivity contribution is -0.164. The van der Waals surface area contributed by atoms with Crippen molar-refractivity contribution in [2.24, 2.45) is 11.3 Å². The standard InChI is InChI=1S/C27H30N2O4/c1-27(2,3)24(28-26(31)33-18-20-13-8-5-9-14-20)22-23(21-15-10-16-32-21)29(25(22)30)17-19-11-6-4-7-12-19/h4-16,22-24H,17-18H2,1-3H3,(H,28,31)/t22-,23+,24-/m1/s1. The number of benzene rings is 2. The van der Waals surface area contributed by atoms with E-state index in [1.807, 2.05) is 98.5 Å². The van der Waals surface area contributed by atoms with Gasteiger partial charge in [0.15, 0.2) is 0 Å². The summed E-state index contributed by atoms with van der Waals surface area (Å²) in [7, 11) is 0. The van der Waals surface area contributed by atoms with Gasteiger partial charge in [-0.1, -0.05) is 81.4 Å². The van der Waals surface area contributed by atoms with Gasteiger partial charge in [-0.15, -0.1) is 0 Å². The lowest BCUT2D eigenvalue weighted by Gasteiger charge is -2.52. The highest BCUT2D eigenvalue weighted by Crippen LogP contribution is 2.46. The van der Waals surface area contributed by atoms with Crippen molar-refractivity contribution >= 4 is 12.0 Å². The molecule has 2 amide bonds. The number of rotatable bonds is 7. The van der Waals surface area contributed by atoms with Crippen molar-refractivity contribution in [2.45, 2.75) is 46.0 Å². The van der Waals surface area contributed by atoms with E-state index < -0.39 is 18.1 Å². The first-order valence-electron chi connectivity index (χ1n) is 11.2. The van der Waals surface area contributed by atoms with Crippen molar-refractivity contribution in [2.75, 3.05) is 0 Å². The number of carbonyl (C=O) groups is 2. The molecule has 2 aromatic carbocycles. The normalized spacial score (nSPS) is 19.0. The fraction of sp³-hybridized carbons (Fsp3) is 0.333. The molecule has 1 aliphatic rings. The van der Waals surface area contributed by atoms with E-state index in [1.165, 1.54) is 0 Å². The molecule has 172 valence electrons. The summed E-state index contributed by atoms with van der Waals surface area (Å²) in [5, 5.41) is 2.99. The summed E-state index contributed by atoms with van der Waals surface area (Å²) < 4.78 is 11.2. The Balaban J connectivity index is 1.53. The molecule has 33 heavy (non-hydrogen) atoms. The number of hydrogen-bond acceptors (Lipinski definition) is 4. The zero-order valence-corrected chi connectivity index (χ0v) is 19.2. The molecule has 1 saturated heterocycles. The van der Waals surface area contributed by atoms with Crippen molar-refractivity contribution in [3.8, 4) is 0 Å². The van der Waals surface area contributed by atoms with Crippen LogP contribution in [0.3, 0.4) is 0 Å². The molecule has 6 nitrogen and oxygen atoms in total. The first-order valence-corrected chi connectivity index (χ1v) is 11.2. The molecular weight excluding hydrogens is 416 g/mol. The van der Waals surface area contributed by atoms with Crippen LogP contribution in [-0.4, -0.2) is 22.9 Å². The minimum atomic E-state index is -0.536. The lowest BCUT2D eigenvalue weighted by Crippen LogP contribution is -2.64. The van der Waals surface area contributed by atoms with Gasteiger partial charge in [-0.2, -0.15) is 0 Å². The monoisotopic (exact) mass is 446 g/mol. The van der Waals surface area contributed by atoms with E-state index in [1.54, 1.807) is 6.26 Å². The van der Waals surface area contributed by atoms with Gasteiger partial charge in [0.05, 0.1) is 18.2 Å². The minimum absolute atomic E-state index is 0.0106. The van der Waals surface area contributed by atoms with E-state index in [0.717, 1.165) is 11.1 Å². The van der Waals surface area contributed by atoms with Gasteiger partial charge in [0.2, 0.25) is 5.91 Å². The van der Waals surface area contributed by atoms with Gasteiger partial charge < -0.3 is 19.4 Å². The molecule has 1 N–H and O–H groups in total. The quantitative estimate of drug-likeness (QED) is 0.499. The highest BCUT2D eigenvalue weighted by Gasteiger charge is 2.56. The van der Waals surface area contributed by atoms with Crippen molar-refractivity contribution in [3.05, 3.63) is 95.9 Å². The molecule has 0 spiro atoms. The summed E-state index contributed by atoms with van der Waals surface area (Å²) in [5.41, 5.74) is 1.57. The average molecular weight is 447 g/mol. The zero-order valence-electron chi connectivity index (χ0n) is 19.2. The van der Waals surface area contributed by atoms with Crippen LogP contribution in [0.15, 0.2) is 83.5 Å². The van der Waals surface area contributed by atoms with E-state index >= 15 is 0 Å². The van der Waals surface area contributed by atoms with E-state index in [4.69, 9.17) is 9.15 Å². The van der Waals surface area contributed by atoms with E-state index in [-0.39, 0.29) is 24.0 Å². The number of nitrogens with one attached hydrogen (secondary N) is 1. The predicted molar refractivity (Wildman–Crippen MR) is 125 cm³/mol. The van der Waals surface area contributed by atoms with Gasteiger partial charge in [0.25, 0.3) is 0 Å². The highest BCUT2D eigenvalue weighted by molar-refractivity contribution is 5.88. The van der Waals surface area contributed by atoms with Gasteiger partial charge in [-0.25, -0.2) is 4.79 Å². The molecule has 4 rings (SSSR count). The van der Waals surface area contributed by atoms with Crippen LogP contribution in [0.1, 0.15) is 43.7 Å². The van der Waals surface area contributed by atoms with Crippen LogP contribution in [0.25, 0.3) is 0 Å². The fourth-order valence-corrected chi connectivity index (χ4v) is 4.38. The molecule has 0 bridgehead atoms. The predicted octanol–water partition coefficient (Wildman–Crippen LogP) is 5.32. The molecule has 1 aliphatic heterocycles. The van der Waals surface area contributed by atoms with Crippen LogP contribution < -0.4 is 5.32 Å². The number of alkyl carbamates (subject to hydrolysis) is 1. The number of carbonyl (C=O) groups excluding carboxylic acids is 2. The van der Waals surface area contributed by atoms with Gasteiger partial charge in [0.1, 0.15) is 18.4 Å². The van der Waals surface area contributed by atoms with Crippen LogP contribution >= 0.6 is 0 Å². The number of furan rings is 1. The average Bonchev–Trinajstić information content (AvgIpc) is 3.33. The first kappa shape index (κ1) is 22.6. The Bertz CT molecular complexity index is 1060. The summed E-state index contributed by atoms with van der Waals surface area (Å²) >= 11 is 0. The van der Waals surface area contributed by atoms with E-state index in [0.29, 0.717) is 12.3 Å². The Morgan fingerprint density at radius 3 is 2.21 bits per heavy atom. The Morgan fingerprint density at radius 2 is 1.64 bits per heavy atom.